The summed E-state index contributed by atoms with van der Waals surface area (Å²) in [6.45, 7) is 2.55. The van der Waals surface area contributed by atoms with E-state index in [0.29, 0.717) is 35.7 Å². The van der Waals surface area contributed by atoms with Crippen LogP contribution in [0.4, 0.5) is 24.7 Å². The molecule has 10 nitrogen and oxygen atoms in total. The SMILES string of the molecule is Cc1ccc(S(=O)(=O)O)cc1.O=C(Nc1ccc(OC(F)(F)Cl)cc1)c1cnc(N2CC[C@@H](F)C2)c(-c2cnccn2)c1. The van der Waals surface area contributed by atoms with Crippen LogP contribution in [0.15, 0.2) is 84.3 Å². The van der Waals surface area contributed by atoms with Gasteiger partial charge in [-0.25, -0.2) is 9.37 Å². The molecular formula is C28H25ClF3N5O5S. The van der Waals surface area contributed by atoms with E-state index >= 15 is 0 Å². The summed E-state index contributed by atoms with van der Waals surface area (Å²) in [6.07, 6.45) is 5.42. The van der Waals surface area contributed by atoms with Crippen molar-refractivity contribution in [2.45, 2.75) is 30.0 Å². The molecule has 2 aromatic carbocycles. The summed E-state index contributed by atoms with van der Waals surface area (Å²) in [7, 11) is -4.02. The maximum absolute atomic E-state index is 13.7. The van der Waals surface area contributed by atoms with Crippen molar-refractivity contribution in [3.63, 3.8) is 0 Å². The molecule has 1 atom stereocenters. The van der Waals surface area contributed by atoms with Crippen molar-refractivity contribution in [2.24, 2.45) is 0 Å². The van der Waals surface area contributed by atoms with E-state index in [-0.39, 0.29) is 22.8 Å². The summed E-state index contributed by atoms with van der Waals surface area (Å²) < 4.78 is 73.0. The zero-order valence-corrected chi connectivity index (χ0v) is 24.1. The lowest BCUT2D eigenvalue weighted by Crippen LogP contribution is -2.23. The van der Waals surface area contributed by atoms with Gasteiger partial charge in [0.05, 0.1) is 28.9 Å². The Morgan fingerprint density at radius 2 is 1.79 bits per heavy atom. The maximum Gasteiger partial charge on any atom is 0.487 e. The van der Waals surface area contributed by atoms with E-state index in [1.807, 2.05) is 11.8 Å². The van der Waals surface area contributed by atoms with Crippen LogP contribution in [-0.2, 0) is 10.1 Å². The van der Waals surface area contributed by atoms with Gasteiger partial charge in [-0.3, -0.25) is 19.3 Å². The lowest BCUT2D eigenvalue weighted by molar-refractivity contribution is -0.0964. The van der Waals surface area contributed by atoms with Gasteiger partial charge in [0.1, 0.15) is 17.7 Å². The number of carbonyl (C=O) groups is 1. The molecule has 15 heteroatoms. The van der Waals surface area contributed by atoms with Gasteiger partial charge in [-0.15, -0.1) is 8.78 Å². The number of carbonyl (C=O) groups excluding carboxylic acids is 1. The first-order valence-electron chi connectivity index (χ1n) is 12.7. The van der Waals surface area contributed by atoms with Crippen LogP contribution in [0.25, 0.3) is 11.3 Å². The van der Waals surface area contributed by atoms with E-state index in [9.17, 15) is 26.4 Å². The van der Waals surface area contributed by atoms with E-state index in [4.69, 9.17) is 16.2 Å². The normalized spacial score (nSPS) is 14.9. The Morgan fingerprint density at radius 1 is 1.09 bits per heavy atom. The number of anilines is 2. The van der Waals surface area contributed by atoms with E-state index in [1.165, 1.54) is 61.2 Å². The molecule has 1 saturated heterocycles. The lowest BCUT2D eigenvalue weighted by Gasteiger charge is -2.20. The average molecular weight is 636 g/mol. The molecule has 226 valence electrons. The number of halogens is 4. The number of hydrogen-bond donors (Lipinski definition) is 2. The quantitative estimate of drug-likeness (QED) is 0.192. The predicted octanol–water partition coefficient (Wildman–Crippen LogP) is 5.75. The Balaban J connectivity index is 0.000000324. The van der Waals surface area contributed by atoms with Crippen LogP contribution in [-0.4, -0.2) is 58.7 Å². The summed E-state index contributed by atoms with van der Waals surface area (Å²) >= 11 is 4.74. The monoisotopic (exact) mass is 635 g/mol. The topological polar surface area (TPSA) is 135 Å². The number of nitrogens with one attached hydrogen (secondary N) is 1. The summed E-state index contributed by atoms with van der Waals surface area (Å²) in [5, 5.41) is 2.66. The standard InChI is InChI=1S/C21H17ClF3N5O2.C7H8O3S/c22-21(24,25)32-16-3-1-15(2-4-16)29-20(31)13-9-17(18-11-26-6-7-27-18)19(28-10-13)30-8-5-14(23)12-30;1-6-2-4-7(5-3-6)11(8,9)10/h1-4,6-7,9-11,14H,5,8,12H2,(H,29,31);2-5H,1H3,(H,8,9,10)/t14-;/m1./s1. The number of nitrogens with zero attached hydrogens (tertiary/aromatic N) is 4. The Labute approximate surface area is 250 Å². The number of aromatic nitrogens is 3. The zero-order chi connectivity index (χ0) is 31.2. The molecule has 0 spiro atoms. The number of ether oxygens (including phenoxy) is 1. The number of rotatable bonds is 7. The fraction of sp³-hybridized carbons (Fsp3) is 0.214. The number of benzene rings is 2. The van der Waals surface area contributed by atoms with E-state index in [1.54, 1.807) is 18.2 Å². The van der Waals surface area contributed by atoms with Crippen molar-refractivity contribution in [2.75, 3.05) is 23.3 Å². The zero-order valence-electron chi connectivity index (χ0n) is 22.5. The molecule has 1 aliphatic heterocycles. The third kappa shape index (κ3) is 9.11. The number of hydrogen-bond acceptors (Lipinski definition) is 8. The minimum Gasteiger partial charge on any atom is -0.420 e. The number of aryl methyl sites for hydroxylation is 1. The predicted molar refractivity (Wildman–Crippen MR) is 154 cm³/mol. The van der Waals surface area contributed by atoms with Gasteiger partial charge >= 0.3 is 5.57 Å². The van der Waals surface area contributed by atoms with E-state index in [2.05, 4.69) is 25.0 Å². The van der Waals surface area contributed by atoms with Gasteiger partial charge in [-0.2, -0.15) is 8.42 Å². The number of alkyl halides is 4. The summed E-state index contributed by atoms with van der Waals surface area (Å²) in [4.78, 5) is 27.2. The van der Waals surface area contributed by atoms with Crippen LogP contribution in [0.5, 0.6) is 5.75 Å². The van der Waals surface area contributed by atoms with Crippen molar-refractivity contribution in [1.29, 1.82) is 0 Å². The van der Waals surface area contributed by atoms with Gasteiger partial charge in [0.15, 0.2) is 0 Å². The number of pyridine rings is 1. The molecule has 43 heavy (non-hydrogen) atoms. The molecule has 2 aromatic heterocycles. The number of amides is 1. The van der Waals surface area contributed by atoms with E-state index < -0.39 is 27.8 Å². The molecule has 0 radical (unpaired) electrons. The highest BCUT2D eigenvalue weighted by Crippen LogP contribution is 2.31. The van der Waals surface area contributed by atoms with Crippen LogP contribution >= 0.6 is 11.6 Å². The van der Waals surface area contributed by atoms with Gasteiger partial charge in [0, 0.05) is 48.0 Å². The van der Waals surface area contributed by atoms with Crippen molar-refractivity contribution in [3.8, 4) is 17.0 Å². The second-order valence-corrected chi connectivity index (χ2v) is 11.2. The summed E-state index contributed by atoms with van der Waals surface area (Å²) in [6, 6.07) is 12.9. The molecular weight excluding hydrogens is 611 g/mol. The molecule has 5 rings (SSSR count). The smallest absolute Gasteiger partial charge is 0.420 e. The molecule has 1 aliphatic rings. The van der Waals surface area contributed by atoms with Crippen LogP contribution in [0.3, 0.4) is 0 Å². The van der Waals surface area contributed by atoms with Gasteiger partial charge < -0.3 is 15.0 Å². The first-order valence-corrected chi connectivity index (χ1v) is 14.5. The van der Waals surface area contributed by atoms with E-state index in [0.717, 1.165) is 5.56 Å². The van der Waals surface area contributed by atoms with Crippen molar-refractivity contribution < 1.29 is 35.7 Å². The second-order valence-electron chi connectivity index (χ2n) is 9.33. The van der Waals surface area contributed by atoms with Gasteiger partial charge in [0.2, 0.25) is 0 Å². The molecule has 1 fully saturated rings. The Kier molecular flexibility index (Phi) is 9.84. The van der Waals surface area contributed by atoms with Gasteiger partial charge in [-0.05, 0) is 55.8 Å². The molecule has 4 aromatic rings. The fourth-order valence-corrected chi connectivity index (χ4v) is 4.59. The van der Waals surface area contributed by atoms with Gasteiger partial charge in [0.25, 0.3) is 16.0 Å². The summed E-state index contributed by atoms with van der Waals surface area (Å²) in [5.74, 6) is -0.114. The third-order valence-corrected chi connectivity index (χ3v) is 7.01. The molecule has 0 aliphatic carbocycles. The van der Waals surface area contributed by atoms with Crippen molar-refractivity contribution >= 4 is 39.1 Å². The van der Waals surface area contributed by atoms with Crippen LogP contribution in [0, 0.1) is 6.92 Å². The minimum atomic E-state index is -4.02. The lowest BCUT2D eigenvalue weighted by atomic mass is 10.1. The molecule has 2 N–H and O–H groups in total. The minimum absolute atomic E-state index is 0.0666. The Morgan fingerprint density at radius 3 is 2.35 bits per heavy atom. The van der Waals surface area contributed by atoms with Crippen LogP contribution < -0.4 is 15.0 Å². The van der Waals surface area contributed by atoms with Crippen molar-refractivity contribution in [3.05, 3.63) is 90.5 Å². The molecule has 3 heterocycles. The largest absolute Gasteiger partial charge is 0.487 e. The fourth-order valence-electron chi connectivity index (χ4n) is 4.02. The maximum atomic E-state index is 13.7. The average Bonchev–Trinajstić information content (AvgIpc) is 3.39. The first-order chi connectivity index (χ1) is 20.3. The first kappa shape index (κ1) is 31.7. The Bertz CT molecular complexity index is 1660. The highest BCUT2D eigenvalue weighted by Gasteiger charge is 2.28. The second kappa shape index (κ2) is 13.4. The molecule has 0 saturated carbocycles. The molecule has 0 unspecified atom stereocenters. The third-order valence-electron chi connectivity index (χ3n) is 6.06. The van der Waals surface area contributed by atoms with Crippen LogP contribution in [0.2, 0.25) is 0 Å². The van der Waals surface area contributed by atoms with Crippen LogP contribution in [0.1, 0.15) is 22.3 Å². The highest BCUT2D eigenvalue weighted by molar-refractivity contribution is 7.85. The molecule has 0 bridgehead atoms. The molecule has 1 amide bonds. The Hall–Kier alpha value is -4.27. The van der Waals surface area contributed by atoms with Crippen molar-refractivity contribution in [1.82, 2.24) is 15.0 Å². The summed E-state index contributed by atoms with van der Waals surface area (Å²) in [5.41, 5.74) is -1.24. The van der Waals surface area contributed by atoms with Gasteiger partial charge in [-0.1, -0.05) is 17.7 Å². The highest BCUT2D eigenvalue weighted by atomic mass is 35.5.